The number of hydrogen-bond donors (Lipinski definition) is 2. The second-order valence-electron chi connectivity index (χ2n) is 4.81. The van der Waals surface area contributed by atoms with Crippen LogP contribution >= 0.6 is 0 Å². The molecule has 2 N–H and O–H groups in total. The Bertz CT molecular complexity index is 479. The Balaban J connectivity index is 1.76. The Morgan fingerprint density at radius 3 is 2.74 bits per heavy atom. The topological polar surface area (TPSA) is 37.2 Å². The number of aliphatic hydroxyl groups excluding tert-OH is 1. The summed E-state index contributed by atoms with van der Waals surface area (Å²) in [4.78, 5) is 0. The van der Waals surface area contributed by atoms with Crippen molar-refractivity contribution in [3.05, 3.63) is 59.9 Å². The van der Waals surface area contributed by atoms with Crippen LogP contribution in [0.3, 0.4) is 0 Å². The molecule has 1 heterocycles. The fourth-order valence-electron chi connectivity index (χ4n) is 2.14. The third-order valence-electron chi connectivity index (χ3n) is 3.14. The Morgan fingerprint density at radius 2 is 2.00 bits per heavy atom. The maximum Gasteiger partial charge on any atom is 0.0914 e. The lowest BCUT2D eigenvalue weighted by atomic mass is 10.1. The molecule has 3 nitrogen and oxygen atoms in total. The van der Waals surface area contributed by atoms with Crippen molar-refractivity contribution in [1.82, 2.24) is 9.88 Å². The number of rotatable bonds is 7. The van der Waals surface area contributed by atoms with Crippen molar-refractivity contribution in [3.63, 3.8) is 0 Å². The van der Waals surface area contributed by atoms with Crippen LogP contribution in [0.5, 0.6) is 0 Å². The van der Waals surface area contributed by atoms with E-state index >= 15 is 0 Å². The lowest BCUT2D eigenvalue weighted by molar-refractivity contribution is 0.174. The monoisotopic (exact) mass is 258 g/mol. The highest BCUT2D eigenvalue weighted by molar-refractivity contribution is 5.17. The molecule has 19 heavy (non-hydrogen) atoms. The van der Waals surface area contributed by atoms with Crippen LogP contribution in [0.25, 0.3) is 0 Å². The van der Waals surface area contributed by atoms with Gasteiger partial charge in [0.15, 0.2) is 0 Å². The smallest absolute Gasteiger partial charge is 0.0914 e. The first-order valence-corrected chi connectivity index (χ1v) is 6.88. The van der Waals surface area contributed by atoms with E-state index in [9.17, 15) is 5.11 Å². The van der Waals surface area contributed by atoms with Gasteiger partial charge < -0.3 is 15.0 Å². The predicted molar refractivity (Wildman–Crippen MR) is 77.8 cm³/mol. The molecule has 0 bridgehead atoms. The first kappa shape index (κ1) is 13.8. The molecule has 0 saturated heterocycles. The zero-order chi connectivity index (χ0) is 13.5. The van der Waals surface area contributed by atoms with E-state index in [4.69, 9.17) is 0 Å². The van der Waals surface area contributed by atoms with Crippen LogP contribution < -0.4 is 5.32 Å². The highest BCUT2D eigenvalue weighted by atomic mass is 16.3. The molecule has 2 rings (SSSR count). The van der Waals surface area contributed by atoms with Gasteiger partial charge in [-0.05, 0) is 23.6 Å². The van der Waals surface area contributed by atoms with Crippen LogP contribution in [0.15, 0.2) is 48.8 Å². The third-order valence-corrected chi connectivity index (χ3v) is 3.14. The van der Waals surface area contributed by atoms with Crippen LogP contribution in [0, 0.1) is 0 Å². The largest absolute Gasteiger partial charge is 0.387 e. The van der Waals surface area contributed by atoms with Gasteiger partial charge in [-0.3, -0.25) is 0 Å². The van der Waals surface area contributed by atoms with E-state index in [1.807, 2.05) is 30.3 Å². The van der Waals surface area contributed by atoms with Gasteiger partial charge in [0.2, 0.25) is 0 Å². The van der Waals surface area contributed by atoms with Gasteiger partial charge in [-0.15, -0.1) is 0 Å². The van der Waals surface area contributed by atoms with Crippen molar-refractivity contribution < 1.29 is 5.11 Å². The number of aromatic nitrogens is 1. The average molecular weight is 258 g/mol. The molecule has 1 atom stereocenters. The molecule has 102 valence electrons. The summed E-state index contributed by atoms with van der Waals surface area (Å²) in [5, 5.41) is 13.3. The molecule has 1 aromatic carbocycles. The second-order valence-corrected chi connectivity index (χ2v) is 4.81. The molecule has 3 heteroatoms. The predicted octanol–water partition coefficient (Wildman–Crippen LogP) is 2.72. The molecule has 1 unspecified atom stereocenters. The molecule has 0 saturated carbocycles. The van der Waals surface area contributed by atoms with E-state index in [1.54, 1.807) is 0 Å². The van der Waals surface area contributed by atoms with Gasteiger partial charge in [0.25, 0.3) is 0 Å². The normalized spacial score (nSPS) is 12.5. The Morgan fingerprint density at radius 1 is 1.21 bits per heavy atom. The van der Waals surface area contributed by atoms with E-state index in [0.717, 1.165) is 25.1 Å². The van der Waals surface area contributed by atoms with Gasteiger partial charge in [-0.1, -0.05) is 37.3 Å². The fraction of sp³-hybridized carbons (Fsp3) is 0.375. The van der Waals surface area contributed by atoms with Crippen molar-refractivity contribution in [2.75, 3.05) is 6.54 Å². The van der Waals surface area contributed by atoms with E-state index in [1.165, 1.54) is 5.56 Å². The molecule has 0 aliphatic heterocycles. The van der Waals surface area contributed by atoms with Gasteiger partial charge in [-0.2, -0.15) is 0 Å². The average Bonchev–Trinajstić information content (AvgIpc) is 2.88. The lowest BCUT2D eigenvalue weighted by Gasteiger charge is -2.11. The van der Waals surface area contributed by atoms with Gasteiger partial charge in [0.05, 0.1) is 6.10 Å². The van der Waals surface area contributed by atoms with Crippen molar-refractivity contribution in [3.8, 4) is 0 Å². The molecule has 0 amide bonds. The second kappa shape index (κ2) is 7.12. The van der Waals surface area contributed by atoms with Gasteiger partial charge >= 0.3 is 0 Å². The van der Waals surface area contributed by atoms with Crippen LogP contribution in [-0.4, -0.2) is 16.2 Å². The minimum absolute atomic E-state index is 0.445. The van der Waals surface area contributed by atoms with Crippen LogP contribution in [0.4, 0.5) is 0 Å². The van der Waals surface area contributed by atoms with Gasteiger partial charge in [-0.25, -0.2) is 0 Å². The fourth-order valence-corrected chi connectivity index (χ4v) is 2.14. The maximum absolute atomic E-state index is 10.0. The summed E-state index contributed by atoms with van der Waals surface area (Å²) in [5.41, 5.74) is 2.22. The maximum atomic E-state index is 10.0. The van der Waals surface area contributed by atoms with E-state index < -0.39 is 6.10 Å². The molecule has 1 aromatic heterocycles. The minimum Gasteiger partial charge on any atom is -0.387 e. The first-order valence-electron chi connectivity index (χ1n) is 6.88. The minimum atomic E-state index is -0.445. The number of hydrogen-bond acceptors (Lipinski definition) is 2. The number of aryl methyl sites for hydroxylation is 1. The molecule has 2 aromatic rings. The third kappa shape index (κ3) is 4.23. The summed E-state index contributed by atoms with van der Waals surface area (Å²) in [6.45, 7) is 4.60. The Kier molecular flexibility index (Phi) is 5.19. The number of nitrogens with one attached hydrogen (secondary N) is 1. The van der Waals surface area contributed by atoms with E-state index in [-0.39, 0.29) is 0 Å². The quantitative estimate of drug-likeness (QED) is 0.801. The summed E-state index contributed by atoms with van der Waals surface area (Å²) in [7, 11) is 0. The zero-order valence-electron chi connectivity index (χ0n) is 11.4. The highest BCUT2D eigenvalue weighted by Crippen LogP contribution is 2.11. The summed E-state index contributed by atoms with van der Waals surface area (Å²) >= 11 is 0. The summed E-state index contributed by atoms with van der Waals surface area (Å²) in [6, 6.07) is 11.9. The molecule has 0 spiro atoms. The summed E-state index contributed by atoms with van der Waals surface area (Å²) in [6.07, 6.45) is 4.97. The van der Waals surface area contributed by atoms with E-state index in [0.29, 0.717) is 6.54 Å². The first-order chi connectivity index (χ1) is 9.29. The molecule has 0 aliphatic carbocycles. The number of benzene rings is 1. The van der Waals surface area contributed by atoms with Crippen LogP contribution in [-0.2, 0) is 13.1 Å². The molecular weight excluding hydrogens is 236 g/mol. The molecule has 0 radical (unpaired) electrons. The van der Waals surface area contributed by atoms with Crippen molar-refractivity contribution >= 4 is 0 Å². The molecule has 0 fully saturated rings. The molecule has 0 aliphatic rings. The van der Waals surface area contributed by atoms with Crippen LogP contribution in [0.1, 0.15) is 30.6 Å². The lowest BCUT2D eigenvalue weighted by Crippen LogP contribution is -2.20. The van der Waals surface area contributed by atoms with Crippen molar-refractivity contribution in [2.24, 2.45) is 0 Å². The number of aliphatic hydroxyl groups is 1. The zero-order valence-corrected chi connectivity index (χ0v) is 11.4. The standard InChI is InChI=1S/C16H22N2O/c1-2-9-18-10-8-14(13-18)11-17-12-16(19)15-6-4-3-5-7-15/h3-8,10,13,16-17,19H,2,9,11-12H2,1H3. The Labute approximate surface area is 114 Å². The van der Waals surface area contributed by atoms with Crippen molar-refractivity contribution in [2.45, 2.75) is 32.5 Å². The van der Waals surface area contributed by atoms with Gasteiger partial charge in [0.1, 0.15) is 0 Å². The summed E-state index contributed by atoms with van der Waals surface area (Å²) in [5.74, 6) is 0. The molecular formula is C16H22N2O. The van der Waals surface area contributed by atoms with Gasteiger partial charge in [0, 0.05) is 32.0 Å². The summed E-state index contributed by atoms with van der Waals surface area (Å²) < 4.78 is 2.20. The SMILES string of the molecule is CCCn1ccc(CNCC(O)c2ccccc2)c1. The van der Waals surface area contributed by atoms with Crippen molar-refractivity contribution in [1.29, 1.82) is 0 Å². The Hall–Kier alpha value is -1.58. The van der Waals surface area contributed by atoms with E-state index in [2.05, 4.69) is 35.3 Å². The number of nitrogens with zero attached hydrogens (tertiary/aromatic N) is 1. The highest BCUT2D eigenvalue weighted by Gasteiger charge is 2.06. The van der Waals surface area contributed by atoms with Crippen LogP contribution in [0.2, 0.25) is 0 Å².